The van der Waals surface area contributed by atoms with E-state index in [4.69, 9.17) is 23.2 Å². The molecule has 0 saturated carbocycles. The smallest absolute Gasteiger partial charge is 0.272 e. The number of hydrogen-bond acceptors (Lipinski definition) is 4. The Bertz CT molecular complexity index is 1540. The van der Waals surface area contributed by atoms with Gasteiger partial charge in [-0.3, -0.25) is 14.4 Å². The van der Waals surface area contributed by atoms with Crippen LogP contribution in [0.5, 0.6) is 0 Å². The molecule has 202 valence electrons. The predicted molar refractivity (Wildman–Crippen MR) is 164 cm³/mol. The van der Waals surface area contributed by atoms with Crippen LogP contribution in [0.3, 0.4) is 0 Å². The number of aryl methyl sites for hydroxylation is 1. The summed E-state index contributed by atoms with van der Waals surface area (Å²) in [6.07, 6.45) is 1.63. The summed E-state index contributed by atoms with van der Waals surface area (Å²) in [7, 11) is 0. The van der Waals surface area contributed by atoms with Crippen molar-refractivity contribution in [3.63, 3.8) is 0 Å². The van der Waals surface area contributed by atoms with Gasteiger partial charge in [-0.1, -0.05) is 71.2 Å². The zero-order valence-corrected chi connectivity index (χ0v) is 23.7. The monoisotopic (exact) mass is 589 g/mol. The van der Waals surface area contributed by atoms with Crippen LogP contribution in [0, 0.1) is 6.92 Å². The fourth-order valence-corrected chi connectivity index (χ4v) is 4.57. The van der Waals surface area contributed by atoms with E-state index in [0.29, 0.717) is 27.0 Å². The summed E-state index contributed by atoms with van der Waals surface area (Å²) in [6.45, 7) is 1.97. The summed E-state index contributed by atoms with van der Waals surface area (Å²) in [4.78, 5) is 39.2. The Kier molecular flexibility index (Phi) is 10.0. The minimum Gasteiger partial charge on any atom is -0.324 e. The van der Waals surface area contributed by atoms with Crippen molar-refractivity contribution in [1.82, 2.24) is 5.32 Å². The van der Waals surface area contributed by atoms with Crippen molar-refractivity contribution in [1.29, 1.82) is 0 Å². The van der Waals surface area contributed by atoms with Crippen LogP contribution in [0.2, 0.25) is 10.0 Å². The number of thioether (sulfide) groups is 1. The van der Waals surface area contributed by atoms with Crippen molar-refractivity contribution < 1.29 is 14.4 Å². The fraction of sp³-hybridized carbons (Fsp3) is 0.0645. The molecule has 0 heterocycles. The van der Waals surface area contributed by atoms with Crippen LogP contribution < -0.4 is 16.0 Å². The van der Waals surface area contributed by atoms with Gasteiger partial charge < -0.3 is 16.0 Å². The molecule has 0 bridgehead atoms. The van der Waals surface area contributed by atoms with E-state index in [2.05, 4.69) is 16.0 Å². The summed E-state index contributed by atoms with van der Waals surface area (Å²) in [5.74, 6) is -0.934. The average molecular weight is 591 g/mol. The Labute approximate surface area is 246 Å². The van der Waals surface area contributed by atoms with Crippen molar-refractivity contribution in [3.05, 3.63) is 129 Å². The van der Waals surface area contributed by atoms with E-state index >= 15 is 0 Å². The molecule has 0 aromatic heterocycles. The van der Waals surface area contributed by atoms with Gasteiger partial charge in [0.25, 0.3) is 11.8 Å². The van der Waals surface area contributed by atoms with E-state index in [9.17, 15) is 14.4 Å². The number of carbonyl (C=O) groups is 3. The Morgan fingerprint density at radius 2 is 1.52 bits per heavy atom. The van der Waals surface area contributed by atoms with Gasteiger partial charge in [-0.15, -0.1) is 11.8 Å². The number of benzene rings is 4. The number of hydrogen-bond donors (Lipinski definition) is 3. The van der Waals surface area contributed by atoms with Gasteiger partial charge in [0.15, 0.2) is 0 Å². The lowest BCUT2D eigenvalue weighted by molar-refractivity contribution is -0.114. The van der Waals surface area contributed by atoms with Gasteiger partial charge in [0.1, 0.15) is 5.70 Å². The van der Waals surface area contributed by atoms with E-state index in [1.54, 1.807) is 72.8 Å². The molecule has 0 saturated heterocycles. The average Bonchev–Trinajstić information content (AvgIpc) is 2.96. The van der Waals surface area contributed by atoms with Crippen molar-refractivity contribution in [2.75, 3.05) is 16.4 Å². The van der Waals surface area contributed by atoms with Gasteiger partial charge in [0, 0.05) is 21.2 Å². The molecule has 0 spiro atoms. The second-order valence-corrected chi connectivity index (χ2v) is 10.6. The molecule has 3 N–H and O–H groups in total. The maximum absolute atomic E-state index is 13.2. The van der Waals surface area contributed by atoms with Crippen LogP contribution >= 0.6 is 35.0 Å². The molecular weight excluding hydrogens is 565 g/mol. The van der Waals surface area contributed by atoms with Crippen LogP contribution in [-0.4, -0.2) is 23.5 Å². The molecule has 6 nitrogen and oxygen atoms in total. The first kappa shape index (κ1) is 29.0. The topological polar surface area (TPSA) is 87.3 Å². The lowest BCUT2D eigenvalue weighted by Crippen LogP contribution is -2.30. The van der Waals surface area contributed by atoms with Gasteiger partial charge in [-0.2, -0.15) is 0 Å². The molecule has 0 aliphatic heterocycles. The second kappa shape index (κ2) is 13.8. The highest BCUT2D eigenvalue weighted by molar-refractivity contribution is 8.00. The highest BCUT2D eigenvalue weighted by Gasteiger charge is 2.15. The Morgan fingerprint density at radius 1 is 0.825 bits per heavy atom. The molecule has 4 aromatic carbocycles. The van der Waals surface area contributed by atoms with E-state index in [1.165, 1.54) is 11.8 Å². The molecular formula is C31H25Cl2N3O3S. The largest absolute Gasteiger partial charge is 0.324 e. The van der Waals surface area contributed by atoms with Crippen molar-refractivity contribution in [2.45, 2.75) is 11.8 Å². The first-order valence-corrected chi connectivity index (χ1v) is 13.9. The molecule has 0 aliphatic rings. The summed E-state index contributed by atoms with van der Waals surface area (Å²) in [5.41, 5.74) is 3.38. The maximum Gasteiger partial charge on any atom is 0.272 e. The number of carbonyl (C=O) groups excluding carboxylic acids is 3. The van der Waals surface area contributed by atoms with E-state index in [-0.39, 0.29) is 17.4 Å². The van der Waals surface area contributed by atoms with Crippen molar-refractivity contribution >= 4 is 70.1 Å². The third-order valence-electron chi connectivity index (χ3n) is 5.60. The van der Waals surface area contributed by atoms with Gasteiger partial charge in [-0.05, 0) is 73.2 Å². The van der Waals surface area contributed by atoms with Crippen LogP contribution in [-0.2, 0) is 9.59 Å². The maximum atomic E-state index is 13.2. The van der Waals surface area contributed by atoms with E-state index < -0.39 is 11.8 Å². The van der Waals surface area contributed by atoms with Crippen LogP contribution in [0.1, 0.15) is 21.5 Å². The van der Waals surface area contributed by atoms with Crippen LogP contribution in [0.15, 0.2) is 108 Å². The summed E-state index contributed by atoms with van der Waals surface area (Å²) in [6, 6.07) is 28.2. The number of halogens is 2. The molecule has 0 unspecified atom stereocenters. The second-order valence-electron chi connectivity index (χ2n) is 8.73. The van der Waals surface area contributed by atoms with Crippen LogP contribution in [0.4, 0.5) is 11.4 Å². The highest BCUT2D eigenvalue weighted by Crippen LogP contribution is 2.26. The number of rotatable bonds is 9. The van der Waals surface area contributed by atoms with Gasteiger partial charge in [-0.25, -0.2) is 0 Å². The molecule has 0 fully saturated rings. The summed E-state index contributed by atoms with van der Waals surface area (Å²) >= 11 is 13.4. The Morgan fingerprint density at radius 3 is 2.23 bits per heavy atom. The highest BCUT2D eigenvalue weighted by atomic mass is 35.5. The van der Waals surface area contributed by atoms with Crippen molar-refractivity contribution in [3.8, 4) is 0 Å². The first-order valence-electron chi connectivity index (χ1n) is 12.2. The zero-order chi connectivity index (χ0) is 28.5. The minimum absolute atomic E-state index is 0.104. The SMILES string of the molecule is Cc1ccc(/C=C(\NC(=O)c2ccccc2)C(=O)Nc2ccc(SCC(=O)Nc3cc(Cl)ccc3Cl)cc2)cc1. The number of amides is 3. The molecule has 0 radical (unpaired) electrons. The summed E-state index contributed by atoms with van der Waals surface area (Å²) in [5, 5.41) is 9.18. The molecule has 0 atom stereocenters. The predicted octanol–water partition coefficient (Wildman–Crippen LogP) is 7.44. The fourth-order valence-electron chi connectivity index (χ4n) is 3.53. The van der Waals surface area contributed by atoms with Gasteiger partial charge in [0.05, 0.1) is 16.5 Å². The molecule has 40 heavy (non-hydrogen) atoms. The van der Waals surface area contributed by atoms with E-state index in [1.807, 2.05) is 37.3 Å². The Balaban J connectivity index is 1.40. The third-order valence-corrected chi connectivity index (χ3v) is 7.18. The quantitative estimate of drug-likeness (QED) is 0.140. The molecule has 3 amide bonds. The van der Waals surface area contributed by atoms with Crippen molar-refractivity contribution in [2.24, 2.45) is 0 Å². The zero-order valence-electron chi connectivity index (χ0n) is 21.4. The molecule has 4 aromatic rings. The minimum atomic E-state index is -0.469. The van der Waals surface area contributed by atoms with Gasteiger partial charge >= 0.3 is 0 Å². The first-order chi connectivity index (χ1) is 19.3. The lowest BCUT2D eigenvalue weighted by Gasteiger charge is -2.12. The van der Waals surface area contributed by atoms with Gasteiger partial charge in [0.2, 0.25) is 5.91 Å². The standard InChI is InChI=1S/C31H25Cl2N3O3S/c1-20-7-9-21(10-8-20)17-28(36-30(38)22-5-3-2-4-6-22)31(39)34-24-12-14-25(15-13-24)40-19-29(37)35-27-18-23(32)11-16-26(27)33/h2-18H,19H2,1H3,(H,34,39)(H,35,37)(H,36,38)/b28-17-. The summed E-state index contributed by atoms with van der Waals surface area (Å²) < 4.78 is 0. The lowest BCUT2D eigenvalue weighted by atomic mass is 10.1. The molecule has 4 rings (SSSR count). The van der Waals surface area contributed by atoms with E-state index in [0.717, 1.165) is 16.0 Å². The van der Waals surface area contributed by atoms with Crippen LogP contribution in [0.25, 0.3) is 6.08 Å². The third kappa shape index (κ3) is 8.48. The number of nitrogens with one attached hydrogen (secondary N) is 3. The Hall–Kier alpha value is -4.04. The number of anilines is 2. The molecule has 0 aliphatic carbocycles. The molecule has 9 heteroatoms. The normalized spacial score (nSPS) is 11.0.